The van der Waals surface area contributed by atoms with Gasteiger partial charge in [0.25, 0.3) is 0 Å². The van der Waals surface area contributed by atoms with E-state index in [2.05, 4.69) is 54.7 Å². The van der Waals surface area contributed by atoms with Gasteiger partial charge >= 0.3 is 11.9 Å². The van der Waals surface area contributed by atoms with Crippen LogP contribution in [-0.4, -0.2) is 38.4 Å². The predicted molar refractivity (Wildman–Crippen MR) is 178 cm³/mol. The van der Waals surface area contributed by atoms with E-state index in [9.17, 15) is 9.59 Å². The fourth-order valence-corrected chi connectivity index (χ4v) is 4.51. The van der Waals surface area contributed by atoms with E-state index in [1.54, 1.807) is 12.1 Å². The second-order valence-corrected chi connectivity index (χ2v) is 11.2. The van der Waals surface area contributed by atoms with E-state index in [4.69, 9.17) is 28.4 Å². The van der Waals surface area contributed by atoms with Crippen LogP contribution in [0.5, 0.6) is 34.5 Å². The summed E-state index contributed by atoms with van der Waals surface area (Å²) in [4.78, 5) is 24.5. The molecule has 2 aromatic carbocycles. The van der Waals surface area contributed by atoms with Crippen molar-refractivity contribution in [3.63, 3.8) is 0 Å². The van der Waals surface area contributed by atoms with E-state index in [1.165, 1.54) is 0 Å². The van der Waals surface area contributed by atoms with Crippen molar-refractivity contribution in [2.45, 2.75) is 98.3 Å². The van der Waals surface area contributed by atoms with Crippen LogP contribution >= 0.6 is 0 Å². The Morgan fingerprint density at radius 3 is 1.18 bits per heavy atom. The third kappa shape index (κ3) is 10.6. The first-order valence-electron chi connectivity index (χ1n) is 16.2. The summed E-state index contributed by atoms with van der Waals surface area (Å²) >= 11 is 0. The van der Waals surface area contributed by atoms with Crippen LogP contribution in [0, 0.1) is 0 Å². The molecule has 0 atom stereocenters. The molecule has 0 N–H and O–H groups in total. The van der Waals surface area contributed by atoms with Crippen molar-refractivity contribution in [1.29, 1.82) is 0 Å². The van der Waals surface area contributed by atoms with Crippen molar-refractivity contribution in [2.75, 3.05) is 26.4 Å². The normalized spacial score (nSPS) is 11.0. The second-order valence-electron chi connectivity index (χ2n) is 11.2. The Bertz CT molecular complexity index is 1170. The Kier molecular flexibility index (Phi) is 16.1. The minimum atomic E-state index is -0.739. The van der Waals surface area contributed by atoms with Gasteiger partial charge in [0.1, 0.15) is 0 Å². The molecule has 0 aliphatic rings. The van der Waals surface area contributed by atoms with Crippen LogP contribution in [0.4, 0.5) is 0 Å². The molecule has 8 nitrogen and oxygen atoms in total. The van der Waals surface area contributed by atoms with Crippen molar-refractivity contribution in [2.24, 2.45) is 0 Å². The SMILES string of the molecule is C=CC(=O)Oc1ccc(C(C)(C)c2ccc(OC(=O)C=C)c(OCCCC)c2OCCCC)c(OCCCC)c1OCCCC. The topological polar surface area (TPSA) is 89.5 Å². The van der Waals surface area contributed by atoms with Crippen LogP contribution in [0.3, 0.4) is 0 Å². The third-order valence-corrected chi connectivity index (χ3v) is 7.23. The van der Waals surface area contributed by atoms with Gasteiger partial charge in [-0.3, -0.25) is 0 Å². The van der Waals surface area contributed by atoms with Gasteiger partial charge in [0.05, 0.1) is 26.4 Å². The highest BCUT2D eigenvalue weighted by atomic mass is 16.6. The Morgan fingerprint density at radius 1 is 0.578 bits per heavy atom. The number of carbonyl (C=O) groups excluding carboxylic acids is 2. The molecular formula is C37H52O8. The van der Waals surface area contributed by atoms with Crippen molar-refractivity contribution in [3.8, 4) is 34.5 Å². The number of rotatable bonds is 22. The van der Waals surface area contributed by atoms with E-state index in [-0.39, 0.29) is 11.5 Å². The number of hydrogen-bond donors (Lipinski definition) is 0. The molecule has 2 aromatic rings. The maximum Gasteiger partial charge on any atom is 0.335 e. The smallest absolute Gasteiger partial charge is 0.335 e. The van der Waals surface area contributed by atoms with Crippen LogP contribution in [0.1, 0.15) is 104 Å². The molecule has 0 aliphatic carbocycles. The number of carbonyl (C=O) groups is 2. The van der Waals surface area contributed by atoms with Crippen molar-refractivity contribution < 1.29 is 38.0 Å². The number of ether oxygens (including phenoxy) is 6. The highest BCUT2D eigenvalue weighted by Gasteiger charge is 2.35. The van der Waals surface area contributed by atoms with Crippen molar-refractivity contribution in [1.82, 2.24) is 0 Å². The first-order valence-corrected chi connectivity index (χ1v) is 16.2. The van der Waals surface area contributed by atoms with Gasteiger partial charge in [0.2, 0.25) is 11.5 Å². The fourth-order valence-electron chi connectivity index (χ4n) is 4.51. The molecule has 0 heterocycles. The van der Waals surface area contributed by atoms with E-state index in [0.29, 0.717) is 49.4 Å². The van der Waals surface area contributed by atoms with Gasteiger partial charge in [-0.15, -0.1) is 0 Å². The van der Waals surface area contributed by atoms with E-state index >= 15 is 0 Å². The molecule has 0 spiro atoms. The molecule has 8 heteroatoms. The third-order valence-electron chi connectivity index (χ3n) is 7.23. The van der Waals surface area contributed by atoms with Crippen LogP contribution in [0.15, 0.2) is 49.6 Å². The zero-order valence-corrected chi connectivity index (χ0v) is 28.1. The Hall–Kier alpha value is -3.94. The van der Waals surface area contributed by atoms with Crippen LogP contribution in [0.2, 0.25) is 0 Å². The van der Waals surface area contributed by atoms with E-state index < -0.39 is 17.4 Å². The lowest BCUT2D eigenvalue weighted by atomic mass is 9.76. The van der Waals surface area contributed by atoms with Gasteiger partial charge in [-0.1, -0.05) is 92.5 Å². The molecule has 0 aromatic heterocycles. The van der Waals surface area contributed by atoms with Crippen LogP contribution in [-0.2, 0) is 15.0 Å². The lowest BCUT2D eigenvalue weighted by molar-refractivity contribution is -0.130. The van der Waals surface area contributed by atoms with Crippen LogP contribution in [0.25, 0.3) is 0 Å². The molecule has 248 valence electrons. The van der Waals surface area contributed by atoms with Gasteiger partial charge in [0, 0.05) is 28.7 Å². The van der Waals surface area contributed by atoms with Gasteiger partial charge in [0.15, 0.2) is 23.0 Å². The number of esters is 2. The Balaban J connectivity index is 2.87. The molecule has 0 aliphatic heterocycles. The summed E-state index contributed by atoms with van der Waals surface area (Å²) in [7, 11) is 0. The molecule has 0 amide bonds. The molecule has 45 heavy (non-hydrogen) atoms. The Labute approximate surface area is 269 Å². The van der Waals surface area contributed by atoms with Gasteiger partial charge < -0.3 is 28.4 Å². The minimum Gasteiger partial charge on any atom is -0.489 e. The summed E-state index contributed by atoms with van der Waals surface area (Å²) < 4.78 is 36.7. The van der Waals surface area contributed by atoms with Crippen molar-refractivity contribution in [3.05, 3.63) is 60.7 Å². The average Bonchev–Trinajstić information content (AvgIpc) is 3.03. The highest BCUT2D eigenvalue weighted by molar-refractivity contribution is 5.85. The molecule has 0 saturated heterocycles. The molecule has 0 unspecified atom stereocenters. The summed E-state index contributed by atoms with van der Waals surface area (Å²) in [6, 6.07) is 7.23. The summed E-state index contributed by atoms with van der Waals surface area (Å²) in [5.41, 5.74) is 0.870. The number of unbranched alkanes of at least 4 members (excludes halogenated alkanes) is 4. The summed E-state index contributed by atoms with van der Waals surface area (Å²) in [6.45, 7) is 21.3. The number of hydrogen-bond acceptors (Lipinski definition) is 8. The largest absolute Gasteiger partial charge is 0.489 e. The standard InChI is InChI=1S/C37H52O8/c1-9-15-23-40-33-27(19-21-29(44-31(38)13-5)35(33)42-25-17-11-3)37(7,8)28-20-22-30(45-32(39)14-6)36(43-26-18-12-4)34(28)41-24-16-10-2/h13-14,19-22H,5-6,9-12,15-18,23-26H2,1-4,7-8H3. The average molecular weight is 625 g/mol. The highest BCUT2D eigenvalue weighted by Crippen LogP contribution is 2.52. The molecule has 0 saturated carbocycles. The zero-order valence-electron chi connectivity index (χ0n) is 28.1. The summed E-state index contributed by atoms with van der Waals surface area (Å²) in [5, 5.41) is 0. The first-order chi connectivity index (χ1) is 21.7. The molecule has 0 radical (unpaired) electrons. The monoisotopic (exact) mass is 624 g/mol. The predicted octanol–water partition coefficient (Wildman–Crippen LogP) is 8.91. The molecular weight excluding hydrogens is 572 g/mol. The molecule has 0 bridgehead atoms. The molecule has 0 fully saturated rings. The van der Waals surface area contributed by atoms with Crippen LogP contribution < -0.4 is 28.4 Å². The van der Waals surface area contributed by atoms with Gasteiger partial charge in [-0.25, -0.2) is 9.59 Å². The number of benzene rings is 2. The maximum absolute atomic E-state index is 12.3. The van der Waals surface area contributed by atoms with Crippen molar-refractivity contribution >= 4 is 11.9 Å². The zero-order chi connectivity index (χ0) is 33.2. The van der Waals surface area contributed by atoms with E-state index in [1.807, 2.05) is 12.1 Å². The quantitative estimate of drug-likeness (QED) is 0.0555. The van der Waals surface area contributed by atoms with Gasteiger partial charge in [-0.2, -0.15) is 0 Å². The van der Waals surface area contributed by atoms with E-state index in [0.717, 1.165) is 74.6 Å². The Morgan fingerprint density at radius 2 is 0.889 bits per heavy atom. The summed E-state index contributed by atoms with van der Waals surface area (Å²) in [5.74, 6) is 1.06. The lowest BCUT2D eigenvalue weighted by Crippen LogP contribution is -2.23. The maximum atomic E-state index is 12.3. The summed E-state index contributed by atoms with van der Waals surface area (Å²) in [6.07, 6.45) is 9.26. The van der Waals surface area contributed by atoms with Gasteiger partial charge in [-0.05, 0) is 37.8 Å². The first kappa shape index (κ1) is 37.2. The lowest BCUT2D eigenvalue weighted by Gasteiger charge is -2.32. The minimum absolute atomic E-state index is 0.261. The fraction of sp³-hybridized carbons (Fsp3) is 0.514. The molecule has 2 rings (SSSR count). The second kappa shape index (κ2) is 19.4.